The molecular weight excluding hydrogens is 397 g/mol. The number of carbonyl (C=O) groups is 2. The maximum atomic E-state index is 12.7. The van der Waals surface area contributed by atoms with Crippen LogP contribution in [0.1, 0.15) is 63.4 Å². The van der Waals surface area contributed by atoms with Crippen LogP contribution in [0.2, 0.25) is 0 Å². The summed E-state index contributed by atoms with van der Waals surface area (Å²) in [6.45, 7) is 0.931. The van der Waals surface area contributed by atoms with E-state index >= 15 is 0 Å². The molecule has 8 heteroatoms. The number of hydrogen-bond donors (Lipinski definition) is 1. The van der Waals surface area contributed by atoms with Gasteiger partial charge in [-0.2, -0.15) is 0 Å². The first-order chi connectivity index (χ1) is 14.3. The zero-order valence-electron chi connectivity index (χ0n) is 17.0. The van der Waals surface area contributed by atoms with Crippen molar-refractivity contribution in [1.82, 2.24) is 10.2 Å². The Balaban J connectivity index is 1.39. The molecule has 0 bridgehead atoms. The number of ether oxygens (including phenoxy) is 1. The number of fused-ring (bicyclic) bond motifs is 1. The van der Waals surface area contributed by atoms with Gasteiger partial charge < -0.3 is 15.0 Å². The van der Waals surface area contributed by atoms with Crippen molar-refractivity contribution >= 4 is 11.8 Å². The van der Waals surface area contributed by atoms with Gasteiger partial charge in [0.05, 0.1) is 0 Å². The molecule has 2 atom stereocenters. The molecule has 30 heavy (non-hydrogen) atoms. The van der Waals surface area contributed by atoms with E-state index in [1.54, 1.807) is 6.07 Å². The van der Waals surface area contributed by atoms with Crippen molar-refractivity contribution < 1.29 is 27.5 Å². The first-order valence-electron chi connectivity index (χ1n) is 10.7. The Labute approximate surface area is 175 Å². The summed E-state index contributed by atoms with van der Waals surface area (Å²) in [4.78, 5) is 26.8. The Morgan fingerprint density at radius 3 is 2.67 bits per heavy atom. The summed E-state index contributed by atoms with van der Waals surface area (Å²) in [7, 11) is 0. The van der Waals surface area contributed by atoms with Gasteiger partial charge in [-0.05, 0) is 55.7 Å². The van der Waals surface area contributed by atoms with Crippen LogP contribution in [0.4, 0.5) is 13.2 Å². The third-order valence-electron chi connectivity index (χ3n) is 5.98. The Morgan fingerprint density at radius 2 is 1.87 bits per heavy atom. The monoisotopic (exact) mass is 426 g/mol. The van der Waals surface area contributed by atoms with Gasteiger partial charge in [0.15, 0.2) is 0 Å². The Bertz CT molecular complexity index is 737. The van der Waals surface area contributed by atoms with E-state index in [2.05, 4.69) is 10.1 Å². The van der Waals surface area contributed by atoms with Crippen molar-refractivity contribution in [3.63, 3.8) is 0 Å². The van der Waals surface area contributed by atoms with Gasteiger partial charge in [0, 0.05) is 32.0 Å². The van der Waals surface area contributed by atoms with Crippen molar-refractivity contribution in [3.05, 3.63) is 29.8 Å². The number of nitrogens with one attached hydrogen (secondary N) is 1. The second-order valence-corrected chi connectivity index (χ2v) is 8.17. The van der Waals surface area contributed by atoms with Crippen LogP contribution in [0.25, 0.3) is 0 Å². The Kier molecular flexibility index (Phi) is 7.61. The van der Waals surface area contributed by atoms with Gasteiger partial charge in [0.2, 0.25) is 11.8 Å². The zero-order valence-corrected chi connectivity index (χ0v) is 17.0. The maximum Gasteiger partial charge on any atom is 0.573 e. The molecule has 0 spiro atoms. The molecule has 1 aliphatic carbocycles. The highest BCUT2D eigenvalue weighted by atomic mass is 19.4. The molecular formula is C22H29F3N2O3. The van der Waals surface area contributed by atoms with Crippen molar-refractivity contribution in [2.75, 3.05) is 6.54 Å². The van der Waals surface area contributed by atoms with Crippen LogP contribution in [0.3, 0.4) is 0 Å². The molecule has 2 amide bonds. The quantitative estimate of drug-likeness (QED) is 0.696. The van der Waals surface area contributed by atoms with E-state index in [9.17, 15) is 22.8 Å². The maximum absolute atomic E-state index is 12.7. The summed E-state index contributed by atoms with van der Waals surface area (Å²) in [6.07, 6.45) is 3.31. The first kappa shape index (κ1) is 22.4. The number of halogens is 3. The van der Waals surface area contributed by atoms with E-state index in [0.717, 1.165) is 19.4 Å². The van der Waals surface area contributed by atoms with E-state index in [1.807, 2.05) is 4.90 Å². The molecule has 1 saturated carbocycles. The average Bonchev–Trinajstić information content (AvgIpc) is 2.71. The summed E-state index contributed by atoms with van der Waals surface area (Å²) in [5, 5.41) is 2.69. The van der Waals surface area contributed by atoms with Gasteiger partial charge in [0.25, 0.3) is 0 Å². The minimum Gasteiger partial charge on any atom is -0.406 e. The topological polar surface area (TPSA) is 58.6 Å². The molecule has 1 aromatic carbocycles. The number of benzene rings is 1. The van der Waals surface area contributed by atoms with Gasteiger partial charge in [-0.3, -0.25) is 9.59 Å². The second-order valence-electron chi connectivity index (χ2n) is 8.17. The number of amides is 2. The van der Waals surface area contributed by atoms with Crippen molar-refractivity contribution in [3.8, 4) is 5.75 Å². The van der Waals surface area contributed by atoms with Crippen molar-refractivity contribution in [1.29, 1.82) is 0 Å². The SMILES string of the molecule is O=C(CCCC(=O)N1CCCC2CCCCC21)NCc1cccc(OC(F)(F)F)c1. The summed E-state index contributed by atoms with van der Waals surface area (Å²) < 4.78 is 40.8. The standard InChI is InChI=1S/C22H29F3N2O3/c23-22(24,25)30-18-9-3-6-16(14-18)15-26-20(28)11-4-12-21(29)27-13-5-8-17-7-1-2-10-19(17)27/h3,6,9,14,17,19H,1-2,4-5,7-8,10-13,15H2,(H,26,28). The fraction of sp³-hybridized carbons (Fsp3) is 0.636. The van der Waals surface area contributed by atoms with Crippen LogP contribution in [0.5, 0.6) is 5.75 Å². The largest absolute Gasteiger partial charge is 0.573 e. The van der Waals surface area contributed by atoms with E-state index in [-0.39, 0.29) is 30.5 Å². The number of likely N-dealkylation sites (tertiary alicyclic amines) is 1. The highest BCUT2D eigenvalue weighted by Crippen LogP contribution is 2.35. The highest BCUT2D eigenvalue weighted by molar-refractivity contribution is 5.79. The number of hydrogen-bond acceptors (Lipinski definition) is 3. The van der Waals surface area contributed by atoms with E-state index in [4.69, 9.17) is 0 Å². The van der Waals surface area contributed by atoms with Gasteiger partial charge >= 0.3 is 6.36 Å². The number of rotatable bonds is 7. The number of alkyl halides is 3. The molecule has 2 fully saturated rings. The van der Waals surface area contributed by atoms with Gasteiger partial charge in [-0.25, -0.2) is 0 Å². The predicted molar refractivity (Wildman–Crippen MR) is 106 cm³/mol. The van der Waals surface area contributed by atoms with Crippen LogP contribution in [0, 0.1) is 5.92 Å². The second kappa shape index (κ2) is 10.2. The molecule has 0 radical (unpaired) electrons. The molecule has 0 aromatic heterocycles. The molecule has 1 aromatic rings. The average molecular weight is 426 g/mol. The van der Waals surface area contributed by atoms with Gasteiger partial charge in [-0.1, -0.05) is 25.0 Å². The van der Waals surface area contributed by atoms with Gasteiger partial charge in [-0.15, -0.1) is 13.2 Å². The number of piperidine rings is 1. The predicted octanol–water partition coefficient (Wildman–Crippen LogP) is 4.55. The van der Waals surface area contributed by atoms with Crippen LogP contribution >= 0.6 is 0 Å². The number of nitrogens with zero attached hydrogens (tertiary/aromatic N) is 1. The molecule has 1 aliphatic heterocycles. The van der Waals surface area contributed by atoms with Crippen LogP contribution < -0.4 is 10.1 Å². The normalized spacial score (nSPS) is 21.6. The van der Waals surface area contributed by atoms with E-state index in [1.165, 1.54) is 43.9 Å². The lowest BCUT2D eigenvalue weighted by Gasteiger charge is -2.44. The highest BCUT2D eigenvalue weighted by Gasteiger charge is 2.35. The lowest BCUT2D eigenvalue weighted by molar-refractivity contribution is -0.274. The Morgan fingerprint density at radius 1 is 1.10 bits per heavy atom. The molecule has 1 N–H and O–H groups in total. The molecule has 5 nitrogen and oxygen atoms in total. The fourth-order valence-electron chi connectivity index (χ4n) is 4.62. The van der Waals surface area contributed by atoms with E-state index in [0.29, 0.717) is 30.4 Å². The summed E-state index contributed by atoms with van der Waals surface area (Å²) in [5.74, 6) is 0.231. The molecule has 1 saturated heterocycles. The minimum atomic E-state index is -4.75. The molecule has 2 unspecified atom stereocenters. The first-order valence-corrected chi connectivity index (χ1v) is 10.7. The summed E-state index contributed by atoms with van der Waals surface area (Å²) in [6, 6.07) is 5.89. The zero-order chi connectivity index (χ0) is 21.6. The fourth-order valence-corrected chi connectivity index (χ4v) is 4.62. The minimum absolute atomic E-state index is 0.109. The Hall–Kier alpha value is -2.25. The molecule has 2 aliphatic rings. The lowest BCUT2D eigenvalue weighted by atomic mass is 9.78. The smallest absolute Gasteiger partial charge is 0.406 e. The lowest BCUT2D eigenvalue weighted by Crippen LogP contribution is -2.49. The van der Waals surface area contributed by atoms with Gasteiger partial charge in [0.1, 0.15) is 5.75 Å². The third kappa shape index (κ3) is 6.64. The molecule has 1 heterocycles. The van der Waals surface area contributed by atoms with Crippen molar-refractivity contribution in [2.24, 2.45) is 5.92 Å². The van der Waals surface area contributed by atoms with E-state index < -0.39 is 6.36 Å². The van der Waals surface area contributed by atoms with Crippen LogP contribution in [-0.4, -0.2) is 35.7 Å². The number of carbonyl (C=O) groups excluding carboxylic acids is 2. The molecule has 166 valence electrons. The van der Waals surface area contributed by atoms with Crippen LogP contribution in [-0.2, 0) is 16.1 Å². The van der Waals surface area contributed by atoms with Crippen molar-refractivity contribution in [2.45, 2.75) is 76.7 Å². The third-order valence-corrected chi connectivity index (χ3v) is 5.98. The summed E-state index contributed by atoms with van der Waals surface area (Å²) >= 11 is 0. The van der Waals surface area contributed by atoms with Crippen LogP contribution in [0.15, 0.2) is 24.3 Å². The molecule has 3 rings (SSSR count). The summed E-state index contributed by atoms with van der Waals surface area (Å²) in [5.41, 5.74) is 0.512.